The standard InChI is InChI=1S/2C10H13.C7H4F3.Sn/c2*1-10(2,3)9-7-5-4-6-8-9;8-7(9,10)6-4-2-1-3-5-6;/h2*4-8H,1H2,2-3H3;1-2,4-5H;. The quantitative estimate of drug-likeness (QED) is 0.280. The molecule has 0 nitrogen and oxygen atoms in total. The van der Waals surface area contributed by atoms with Gasteiger partial charge in [0, 0.05) is 0 Å². The summed E-state index contributed by atoms with van der Waals surface area (Å²) in [5.74, 6) is 0. The number of hydrogen-bond acceptors (Lipinski definition) is 0. The summed E-state index contributed by atoms with van der Waals surface area (Å²) in [5, 5.41) is 0. The average molecular weight is 530 g/mol. The molecule has 0 aromatic heterocycles. The van der Waals surface area contributed by atoms with E-state index in [0.29, 0.717) is 0 Å². The second kappa shape index (κ2) is 9.40. The molecular formula is C27H30F3Sn. The van der Waals surface area contributed by atoms with Gasteiger partial charge in [0.25, 0.3) is 0 Å². The Hall–Kier alpha value is -1.75. The summed E-state index contributed by atoms with van der Waals surface area (Å²) >= 11 is -2.51. The molecule has 0 saturated heterocycles. The molecule has 0 unspecified atom stereocenters. The van der Waals surface area contributed by atoms with Crippen molar-refractivity contribution in [2.45, 2.75) is 53.6 Å². The van der Waals surface area contributed by atoms with E-state index in [1.807, 2.05) is 42.5 Å². The molecule has 1 radical (unpaired) electrons. The molecule has 4 heteroatoms. The van der Waals surface area contributed by atoms with Gasteiger partial charge in [0.15, 0.2) is 0 Å². The Labute approximate surface area is 191 Å². The second-order valence-corrected chi connectivity index (χ2v) is 16.6. The Morgan fingerprint density at radius 1 is 0.581 bits per heavy atom. The van der Waals surface area contributed by atoms with E-state index < -0.39 is 31.5 Å². The van der Waals surface area contributed by atoms with Crippen LogP contribution in [-0.2, 0) is 17.0 Å². The topological polar surface area (TPSA) is 0 Å². The molecule has 0 spiro atoms. The van der Waals surface area contributed by atoms with Crippen molar-refractivity contribution in [1.82, 2.24) is 0 Å². The first-order valence-corrected chi connectivity index (χ1v) is 16.1. The third-order valence-corrected chi connectivity index (χ3v) is 16.7. The molecule has 3 aromatic rings. The summed E-state index contributed by atoms with van der Waals surface area (Å²) in [4.78, 5) is 0. The van der Waals surface area contributed by atoms with Crippen LogP contribution in [-0.4, -0.2) is 19.8 Å². The van der Waals surface area contributed by atoms with E-state index >= 15 is 0 Å². The Balaban J connectivity index is 2.00. The molecule has 0 atom stereocenters. The number of halogens is 3. The predicted molar refractivity (Wildman–Crippen MR) is 125 cm³/mol. The van der Waals surface area contributed by atoms with Crippen molar-refractivity contribution in [2.24, 2.45) is 0 Å². The van der Waals surface area contributed by atoms with E-state index in [4.69, 9.17) is 0 Å². The van der Waals surface area contributed by atoms with Gasteiger partial charge in [-0.3, -0.25) is 0 Å². The fourth-order valence-electron chi connectivity index (χ4n) is 4.23. The van der Waals surface area contributed by atoms with Gasteiger partial charge in [-0.05, 0) is 0 Å². The zero-order valence-corrected chi connectivity index (χ0v) is 21.5. The minimum absolute atomic E-state index is 0.0863. The Morgan fingerprint density at radius 3 is 1.42 bits per heavy atom. The van der Waals surface area contributed by atoms with Crippen LogP contribution in [0.5, 0.6) is 0 Å². The van der Waals surface area contributed by atoms with Crippen molar-refractivity contribution in [2.75, 3.05) is 0 Å². The summed E-state index contributed by atoms with van der Waals surface area (Å²) in [6.45, 7) is 8.91. The van der Waals surface area contributed by atoms with Crippen LogP contribution < -0.4 is 3.58 Å². The van der Waals surface area contributed by atoms with E-state index in [9.17, 15) is 13.2 Å². The van der Waals surface area contributed by atoms with Crippen molar-refractivity contribution >= 4 is 23.3 Å². The summed E-state index contributed by atoms with van der Waals surface area (Å²) in [6.07, 6.45) is -4.31. The van der Waals surface area contributed by atoms with Gasteiger partial charge in [0.05, 0.1) is 0 Å². The van der Waals surface area contributed by atoms with Crippen LogP contribution in [0.1, 0.15) is 44.4 Å². The third-order valence-electron chi connectivity index (χ3n) is 6.02. The fraction of sp³-hybridized carbons (Fsp3) is 0.333. The molecule has 0 N–H and O–H groups in total. The summed E-state index contributed by atoms with van der Waals surface area (Å²) in [7, 11) is 0. The van der Waals surface area contributed by atoms with Crippen LogP contribution in [0.3, 0.4) is 0 Å². The monoisotopic (exact) mass is 531 g/mol. The minimum atomic E-state index is -4.31. The Kier molecular flexibility index (Phi) is 7.24. The molecule has 3 aromatic carbocycles. The normalized spacial score (nSPS) is 12.9. The second-order valence-electron chi connectivity index (χ2n) is 9.54. The molecule has 0 bridgehead atoms. The van der Waals surface area contributed by atoms with Crippen LogP contribution in [0.15, 0.2) is 84.9 Å². The number of hydrogen-bond donors (Lipinski definition) is 0. The van der Waals surface area contributed by atoms with Crippen LogP contribution in [0, 0.1) is 0 Å². The van der Waals surface area contributed by atoms with E-state index in [-0.39, 0.29) is 10.8 Å². The van der Waals surface area contributed by atoms with Crippen molar-refractivity contribution in [3.8, 4) is 0 Å². The van der Waals surface area contributed by atoms with Gasteiger partial charge >= 0.3 is 192 Å². The first kappa shape index (κ1) is 23.9. The maximum atomic E-state index is 13.5. The zero-order chi connectivity index (χ0) is 22.7. The first-order valence-electron chi connectivity index (χ1n) is 10.6. The first-order chi connectivity index (χ1) is 14.5. The third kappa shape index (κ3) is 6.15. The van der Waals surface area contributed by atoms with Crippen molar-refractivity contribution < 1.29 is 13.2 Å². The van der Waals surface area contributed by atoms with E-state index in [2.05, 4.69) is 52.0 Å². The molecule has 0 saturated carbocycles. The van der Waals surface area contributed by atoms with Gasteiger partial charge in [-0.15, -0.1) is 0 Å². The molecule has 0 amide bonds. The van der Waals surface area contributed by atoms with Crippen molar-refractivity contribution in [1.29, 1.82) is 0 Å². The van der Waals surface area contributed by atoms with Gasteiger partial charge in [-0.2, -0.15) is 0 Å². The number of benzene rings is 3. The van der Waals surface area contributed by atoms with Crippen LogP contribution in [0.2, 0.25) is 8.87 Å². The zero-order valence-electron chi connectivity index (χ0n) is 18.6. The summed E-state index contributed by atoms with van der Waals surface area (Å²) in [5.41, 5.74) is 1.79. The molecule has 31 heavy (non-hydrogen) atoms. The van der Waals surface area contributed by atoms with E-state index in [1.165, 1.54) is 23.3 Å². The van der Waals surface area contributed by atoms with Crippen LogP contribution in [0.4, 0.5) is 13.2 Å². The van der Waals surface area contributed by atoms with E-state index in [1.54, 1.807) is 6.07 Å². The SMILES string of the molecule is CC(C)([CH2][Sn]([CH2]C(C)(C)c1ccccc1)[c]1cccc(C(F)(F)F)c1)c1ccccc1. The van der Waals surface area contributed by atoms with Crippen molar-refractivity contribution in [3.63, 3.8) is 0 Å². The fourth-order valence-corrected chi connectivity index (χ4v) is 15.0. The van der Waals surface area contributed by atoms with Crippen LogP contribution in [0.25, 0.3) is 0 Å². The molecule has 0 aliphatic carbocycles. The molecule has 0 fully saturated rings. The Bertz CT molecular complexity index is 923. The maximum absolute atomic E-state index is 13.5. The Morgan fingerprint density at radius 2 is 1.00 bits per heavy atom. The van der Waals surface area contributed by atoms with Gasteiger partial charge in [0.2, 0.25) is 0 Å². The molecule has 0 aliphatic rings. The number of alkyl halides is 3. The van der Waals surface area contributed by atoms with Gasteiger partial charge in [-0.1, -0.05) is 0 Å². The average Bonchev–Trinajstić information content (AvgIpc) is 2.74. The van der Waals surface area contributed by atoms with Crippen molar-refractivity contribution in [3.05, 3.63) is 102 Å². The molecule has 0 aliphatic heterocycles. The summed E-state index contributed by atoms with van der Waals surface area (Å²) in [6, 6.07) is 26.8. The van der Waals surface area contributed by atoms with Gasteiger partial charge < -0.3 is 0 Å². The number of rotatable bonds is 7. The van der Waals surface area contributed by atoms with E-state index in [0.717, 1.165) is 12.5 Å². The van der Waals surface area contributed by atoms with Gasteiger partial charge in [-0.25, -0.2) is 0 Å². The molecule has 0 heterocycles. The predicted octanol–water partition coefficient (Wildman–Crippen LogP) is 7.36. The summed E-state index contributed by atoms with van der Waals surface area (Å²) < 4.78 is 43.2. The molecular weight excluding hydrogens is 500 g/mol. The van der Waals surface area contributed by atoms with Gasteiger partial charge in [0.1, 0.15) is 0 Å². The molecule has 3 rings (SSSR count). The molecule has 163 valence electrons. The van der Waals surface area contributed by atoms with Crippen LogP contribution >= 0.6 is 0 Å².